The van der Waals surface area contributed by atoms with Gasteiger partial charge in [0, 0.05) is 13.5 Å². The Balaban J connectivity index is 1.80. The number of epoxide rings is 1. The lowest BCUT2D eigenvalue weighted by Crippen LogP contribution is -1.86. The first kappa shape index (κ1) is 5.06. The minimum atomic E-state index is 0.472. The van der Waals surface area contributed by atoms with E-state index in [2.05, 4.69) is 4.74 Å². The van der Waals surface area contributed by atoms with Crippen LogP contribution in [0.5, 0.6) is 0 Å². The third kappa shape index (κ3) is 1.90. The Hall–Kier alpha value is -0.0800. The van der Waals surface area contributed by atoms with Gasteiger partial charge in [0.2, 0.25) is 0 Å². The summed E-state index contributed by atoms with van der Waals surface area (Å²) in [4.78, 5) is 0. The molecule has 2 heteroatoms. The molecule has 0 saturated carbocycles. The molecule has 0 spiro atoms. The van der Waals surface area contributed by atoms with Gasteiger partial charge in [-0.3, -0.25) is 0 Å². The van der Waals surface area contributed by atoms with Gasteiger partial charge in [0.05, 0.1) is 19.3 Å². The highest BCUT2D eigenvalue weighted by Crippen LogP contribution is 2.14. The Morgan fingerprint density at radius 3 is 3.14 bits per heavy atom. The molecule has 0 aromatic heterocycles. The largest absolute Gasteiger partial charge is 0.379 e. The first-order valence-corrected chi connectivity index (χ1v) is 2.39. The van der Waals surface area contributed by atoms with Crippen molar-refractivity contribution in [3.8, 4) is 0 Å². The Labute approximate surface area is 43.4 Å². The standard InChI is InChI=1S/C5H9O2/c1-6-3-2-5-4-7-5/h3,5H,2,4H2,1H3. The Morgan fingerprint density at radius 1 is 2.00 bits per heavy atom. The maximum Gasteiger partial charge on any atom is 0.0859 e. The van der Waals surface area contributed by atoms with Crippen molar-refractivity contribution in [2.45, 2.75) is 12.5 Å². The van der Waals surface area contributed by atoms with Crippen LogP contribution in [-0.4, -0.2) is 19.8 Å². The number of methoxy groups -OCH3 is 1. The van der Waals surface area contributed by atoms with Gasteiger partial charge in [-0.05, 0) is 0 Å². The molecule has 1 unspecified atom stereocenters. The van der Waals surface area contributed by atoms with E-state index >= 15 is 0 Å². The van der Waals surface area contributed by atoms with Crippen molar-refractivity contribution >= 4 is 0 Å². The molecule has 41 valence electrons. The second-order valence-corrected chi connectivity index (χ2v) is 1.59. The topological polar surface area (TPSA) is 21.8 Å². The monoisotopic (exact) mass is 101 g/mol. The van der Waals surface area contributed by atoms with Crippen molar-refractivity contribution in [3.63, 3.8) is 0 Å². The maximum absolute atomic E-state index is 4.90. The highest BCUT2D eigenvalue weighted by molar-refractivity contribution is 4.72. The lowest BCUT2D eigenvalue weighted by molar-refractivity contribution is 0.252. The highest BCUT2D eigenvalue weighted by atomic mass is 16.6. The van der Waals surface area contributed by atoms with Gasteiger partial charge in [-0.1, -0.05) is 0 Å². The van der Waals surface area contributed by atoms with E-state index in [1.165, 1.54) is 0 Å². The lowest BCUT2D eigenvalue weighted by Gasteiger charge is -1.88. The number of ether oxygens (including phenoxy) is 2. The van der Waals surface area contributed by atoms with Crippen LogP contribution < -0.4 is 0 Å². The molecule has 0 amide bonds. The van der Waals surface area contributed by atoms with Crippen LogP contribution in [0.3, 0.4) is 0 Å². The molecule has 7 heavy (non-hydrogen) atoms. The average molecular weight is 101 g/mol. The molecular formula is C5H9O2. The molecule has 0 bridgehead atoms. The van der Waals surface area contributed by atoms with Gasteiger partial charge in [0.25, 0.3) is 0 Å². The van der Waals surface area contributed by atoms with E-state index in [0.29, 0.717) is 6.10 Å². The van der Waals surface area contributed by atoms with Gasteiger partial charge >= 0.3 is 0 Å². The van der Waals surface area contributed by atoms with Crippen molar-refractivity contribution < 1.29 is 9.47 Å². The van der Waals surface area contributed by atoms with Gasteiger partial charge in [-0.25, -0.2) is 0 Å². The molecule has 0 N–H and O–H groups in total. The lowest BCUT2D eigenvalue weighted by atomic mass is 10.4. The van der Waals surface area contributed by atoms with Gasteiger partial charge in [-0.2, -0.15) is 0 Å². The molecule has 2 nitrogen and oxygen atoms in total. The maximum atomic E-state index is 4.90. The predicted octanol–water partition coefficient (Wildman–Crippen LogP) is 0.583. The van der Waals surface area contributed by atoms with Crippen molar-refractivity contribution in [1.82, 2.24) is 0 Å². The fraction of sp³-hybridized carbons (Fsp3) is 0.800. The molecule has 1 radical (unpaired) electrons. The van der Waals surface area contributed by atoms with Crippen LogP contribution in [0.2, 0.25) is 0 Å². The molecule has 1 fully saturated rings. The van der Waals surface area contributed by atoms with Crippen molar-refractivity contribution in [3.05, 3.63) is 6.61 Å². The second kappa shape index (κ2) is 2.28. The number of rotatable bonds is 3. The van der Waals surface area contributed by atoms with Crippen molar-refractivity contribution in [2.75, 3.05) is 13.7 Å². The van der Waals surface area contributed by atoms with E-state index in [1.54, 1.807) is 13.7 Å². The third-order valence-electron chi connectivity index (χ3n) is 0.928. The van der Waals surface area contributed by atoms with E-state index in [9.17, 15) is 0 Å². The fourth-order valence-electron chi connectivity index (χ4n) is 0.408. The first-order valence-electron chi connectivity index (χ1n) is 2.39. The average Bonchev–Trinajstić information content (AvgIpc) is 2.42. The van der Waals surface area contributed by atoms with Crippen molar-refractivity contribution in [2.24, 2.45) is 0 Å². The Bertz CT molecular complexity index is 50.0. The zero-order chi connectivity index (χ0) is 5.11. The fourth-order valence-corrected chi connectivity index (χ4v) is 0.408. The van der Waals surface area contributed by atoms with E-state index in [4.69, 9.17) is 4.74 Å². The summed E-state index contributed by atoms with van der Waals surface area (Å²) in [6.07, 6.45) is 1.41. The zero-order valence-electron chi connectivity index (χ0n) is 4.39. The summed E-state index contributed by atoms with van der Waals surface area (Å²) in [5.41, 5.74) is 0. The Morgan fingerprint density at radius 2 is 2.71 bits per heavy atom. The molecule has 1 heterocycles. The van der Waals surface area contributed by atoms with Crippen LogP contribution in [-0.2, 0) is 9.47 Å². The summed E-state index contributed by atoms with van der Waals surface area (Å²) in [5.74, 6) is 0. The van der Waals surface area contributed by atoms with E-state index in [0.717, 1.165) is 13.0 Å². The van der Waals surface area contributed by atoms with E-state index in [1.807, 2.05) is 0 Å². The van der Waals surface area contributed by atoms with E-state index < -0.39 is 0 Å². The molecular weight excluding hydrogens is 92.1 g/mol. The Kier molecular flexibility index (Phi) is 1.65. The highest BCUT2D eigenvalue weighted by Gasteiger charge is 2.21. The molecule has 0 aromatic carbocycles. The van der Waals surface area contributed by atoms with Crippen LogP contribution in [0.25, 0.3) is 0 Å². The minimum absolute atomic E-state index is 0.472. The zero-order valence-corrected chi connectivity index (χ0v) is 4.39. The molecule has 0 aromatic rings. The summed E-state index contributed by atoms with van der Waals surface area (Å²) < 4.78 is 9.59. The SMILES string of the molecule is CO[CH]CC1CO1. The van der Waals surface area contributed by atoms with Gasteiger partial charge in [-0.15, -0.1) is 0 Å². The van der Waals surface area contributed by atoms with Gasteiger partial charge in [0.15, 0.2) is 0 Å². The molecule has 1 atom stereocenters. The smallest absolute Gasteiger partial charge is 0.0859 e. The van der Waals surface area contributed by atoms with Crippen LogP contribution in [0.1, 0.15) is 6.42 Å². The normalized spacial score (nSPS) is 27.9. The summed E-state index contributed by atoms with van der Waals surface area (Å²) in [5, 5.41) is 0. The third-order valence-corrected chi connectivity index (χ3v) is 0.928. The molecule has 1 rings (SSSR count). The summed E-state index contributed by atoms with van der Waals surface area (Å²) in [6.45, 7) is 2.68. The van der Waals surface area contributed by atoms with E-state index in [-0.39, 0.29) is 0 Å². The van der Waals surface area contributed by atoms with Crippen molar-refractivity contribution in [1.29, 1.82) is 0 Å². The van der Waals surface area contributed by atoms with Crippen LogP contribution in [0, 0.1) is 6.61 Å². The summed E-state index contributed by atoms with van der Waals surface area (Å²) >= 11 is 0. The van der Waals surface area contributed by atoms with Crippen LogP contribution in [0.15, 0.2) is 0 Å². The molecule has 1 aliphatic heterocycles. The van der Waals surface area contributed by atoms with Gasteiger partial charge in [0.1, 0.15) is 0 Å². The molecule has 1 saturated heterocycles. The van der Waals surface area contributed by atoms with Crippen LogP contribution >= 0.6 is 0 Å². The minimum Gasteiger partial charge on any atom is -0.379 e. The quantitative estimate of drug-likeness (QED) is 0.485. The summed E-state index contributed by atoms with van der Waals surface area (Å²) in [6, 6.07) is 0. The molecule has 1 aliphatic rings. The number of hydrogen-bond donors (Lipinski definition) is 0. The predicted molar refractivity (Wildman–Crippen MR) is 25.7 cm³/mol. The molecule has 0 aliphatic carbocycles. The number of hydrogen-bond acceptors (Lipinski definition) is 2. The first-order chi connectivity index (χ1) is 3.43. The summed E-state index contributed by atoms with van der Waals surface area (Å²) in [7, 11) is 1.66. The second-order valence-electron chi connectivity index (χ2n) is 1.59. The van der Waals surface area contributed by atoms with Crippen LogP contribution in [0.4, 0.5) is 0 Å². The van der Waals surface area contributed by atoms with Gasteiger partial charge < -0.3 is 9.47 Å².